The molecule has 1 heterocycles. The molecule has 3 aromatic carbocycles. The van der Waals surface area contributed by atoms with Crippen LogP contribution in [0.4, 0.5) is 0 Å². The van der Waals surface area contributed by atoms with E-state index in [2.05, 4.69) is 12.1 Å². The Kier molecular flexibility index (Phi) is 4.09. The third-order valence-electron chi connectivity index (χ3n) is 4.09. The maximum absolute atomic E-state index is 12.6. The van der Waals surface area contributed by atoms with E-state index in [1.54, 1.807) is 11.8 Å². The van der Waals surface area contributed by atoms with Gasteiger partial charge in [0.1, 0.15) is 11.0 Å². The Morgan fingerprint density at radius 2 is 1.58 bits per heavy atom. The summed E-state index contributed by atoms with van der Waals surface area (Å²) in [6, 6.07) is 25.8. The molecule has 1 atom stereocenters. The molecule has 1 aliphatic heterocycles. The van der Waals surface area contributed by atoms with Crippen molar-refractivity contribution in [1.29, 1.82) is 0 Å². The van der Waals surface area contributed by atoms with Crippen LogP contribution in [0.1, 0.15) is 5.56 Å². The lowest BCUT2D eigenvalue weighted by Crippen LogP contribution is -2.22. The standard InChI is InChI=1S/C21H16O2S/c22-21(20-14-16-10-4-7-13-19(16)24-20)23-18-12-6-5-11-17(18)15-8-2-1-3-9-15/h1-13,20H,14H2/t20-/m1/s1. The quantitative estimate of drug-likeness (QED) is 0.500. The van der Waals surface area contributed by atoms with Crippen molar-refractivity contribution < 1.29 is 9.53 Å². The minimum atomic E-state index is -0.181. The highest BCUT2D eigenvalue weighted by Gasteiger charge is 2.30. The lowest BCUT2D eigenvalue weighted by atomic mass is 10.0. The molecule has 0 saturated carbocycles. The fraction of sp³-hybridized carbons (Fsp3) is 0.0952. The van der Waals surface area contributed by atoms with Crippen molar-refractivity contribution in [2.45, 2.75) is 16.6 Å². The zero-order valence-corrected chi connectivity index (χ0v) is 13.8. The molecule has 118 valence electrons. The number of esters is 1. The van der Waals surface area contributed by atoms with Crippen LogP contribution in [0.5, 0.6) is 5.75 Å². The molecule has 0 radical (unpaired) electrons. The zero-order chi connectivity index (χ0) is 16.4. The largest absolute Gasteiger partial charge is 0.425 e. The first-order valence-corrected chi connectivity index (χ1v) is 8.80. The van der Waals surface area contributed by atoms with Gasteiger partial charge in [-0.25, -0.2) is 0 Å². The van der Waals surface area contributed by atoms with Crippen molar-refractivity contribution in [3.05, 3.63) is 84.4 Å². The van der Waals surface area contributed by atoms with Crippen LogP contribution in [0.2, 0.25) is 0 Å². The number of carbonyl (C=O) groups is 1. The van der Waals surface area contributed by atoms with Gasteiger partial charge in [-0.05, 0) is 29.7 Å². The average Bonchev–Trinajstić information content (AvgIpc) is 3.07. The zero-order valence-electron chi connectivity index (χ0n) is 13.0. The third kappa shape index (κ3) is 2.95. The summed E-state index contributed by atoms with van der Waals surface area (Å²) in [5.41, 5.74) is 3.20. The molecule has 24 heavy (non-hydrogen) atoms. The SMILES string of the molecule is O=C(Oc1ccccc1-c1ccccc1)[C@H]1Cc2ccccc2S1. The number of hydrogen-bond acceptors (Lipinski definition) is 3. The normalized spacial score (nSPS) is 15.8. The van der Waals surface area contributed by atoms with Gasteiger partial charge in [-0.3, -0.25) is 4.79 Å². The Morgan fingerprint density at radius 1 is 0.875 bits per heavy atom. The maximum Gasteiger partial charge on any atom is 0.325 e. The molecule has 3 aromatic rings. The number of hydrogen-bond donors (Lipinski definition) is 0. The Labute approximate surface area is 145 Å². The molecule has 0 N–H and O–H groups in total. The van der Waals surface area contributed by atoms with Gasteiger partial charge in [-0.1, -0.05) is 66.7 Å². The van der Waals surface area contributed by atoms with E-state index in [0.29, 0.717) is 5.75 Å². The highest BCUT2D eigenvalue weighted by Crippen LogP contribution is 2.38. The van der Waals surface area contributed by atoms with E-state index >= 15 is 0 Å². The van der Waals surface area contributed by atoms with Gasteiger partial charge >= 0.3 is 5.97 Å². The van der Waals surface area contributed by atoms with Crippen molar-refractivity contribution >= 4 is 17.7 Å². The van der Waals surface area contributed by atoms with Crippen LogP contribution in [-0.2, 0) is 11.2 Å². The lowest BCUT2D eigenvalue weighted by Gasteiger charge is -2.12. The number of benzene rings is 3. The maximum atomic E-state index is 12.6. The molecule has 0 spiro atoms. The number of thioether (sulfide) groups is 1. The molecular formula is C21H16O2S. The highest BCUT2D eigenvalue weighted by molar-refractivity contribution is 8.01. The van der Waals surface area contributed by atoms with E-state index in [9.17, 15) is 4.79 Å². The lowest BCUT2D eigenvalue weighted by molar-refractivity contribution is -0.133. The predicted octanol–water partition coefficient (Wildman–Crippen LogP) is 4.98. The second-order valence-corrected chi connectivity index (χ2v) is 6.95. The van der Waals surface area contributed by atoms with E-state index in [1.807, 2.05) is 66.7 Å². The van der Waals surface area contributed by atoms with E-state index < -0.39 is 0 Å². The second kappa shape index (κ2) is 6.54. The summed E-state index contributed by atoms with van der Waals surface area (Å²) in [4.78, 5) is 13.8. The van der Waals surface area contributed by atoms with Crippen LogP contribution in [0.3, 0.4) is 0 Å². The fourth-order valence-corrected chi connectivity index (χ4v) is 4.07. The van der Waals surface area contributed by atoms with Gasteiger partial charge in [0.15, 0.2) is 0 Å². The Balaban J connectivity index is 1.56. The molecule has 0 aromatic heterocycles. The molecule has 0 aliphatic carbocycles. The van der Waals surface area contributed by atoms with Crippen LogP contribution >= 0.6 is 11.8 Å². The van der Waals surface area contributed by atoms with Crippen molar-refractivity contribution in [2.24, 2.45) is 0 Å². The molecule has 0 bridgehead atoms. The van der Waals surface area contributed by atoms with Gasteiger partial charge in [-0.2, -0.15) is 0 Å². The molecule has 0 saturated heterocycles. The number of ether oxygens (including phenoxy) is 1. The summed E-state index contributed by atoms with van der Waals surface area (Å²) in [7, 11) is 0. The van der Waals surface area contributed by atoms with E-state index in [1.165, 1.54) is 10.5 Å². The van der Waals surface area contributed by atoms with Crippen molar-refractivity contribution in [3.63, 3.8) is 0 Å². The van der Waals surface area contributed by atoms with E-state index in [4.69, 9.17) is 4.74 Å². The average molecular weight is 332 g/mol. The summed E-state index contributed by atoms with van der Waals surface area (Å²) in [6.45, 7) is 0. The minimum absolute atomic E-state index is 0.175. The Morgan fingerprint density at radius 3 is 2.42 bits per heavy atom. The van der Waals surface area contributed by atoms with Gasteiger partial charge in [0.25, 0.3) is 0 Å². The van der Waals surface area contributed by atoms with E-state index in [0.717, 1.165) is 17.5 Å². The first-order chi connectivity index (χ1) is 11.8. The Bertz CT molecular complexity index is 849. The van der Waals surface area contributed by atoms with Crippen LogP contribution in [0.15, 0.2) is 83.8 Å². The van der Waals surface area contributed by atoms with Gasteiger partial charge in [0.2, 0.25) is 0 Å². The van der Waals surface area contributed by atoms with Crippen molar-refractivity contribution in [1.82, 2.24) is 0 Å². The summed E-state index contributed by atoms with van der Waals surface area (Å²) < 4.78 is 5.76. The van der Waals surface area contributed by atoms with Crippen LogP contribution < -0.4 is 4.74 Å². The fourth-order valence-electron chi connectivity index (χ4n) is 2.90. The summed E-state index contributed by atoms with van der Waals surface area (Å²) in [6.07, 6.45) is 0.729. The van der Waals surface area contributed by atoms with Gasteiger partial charge < -0.3 is 4.74 Å². The summed E-state index contributed by atoms with van der Waals surface area (Å²) in [5.74, 6) is 0.435. The number of fused-ring (bicyclic) bond motifs is 1. The number of para-hydroxylation sites is 1. The minimum Gasteiger partial charge on any atom is -0.425 e. The molecule has 2 nitrogen and oxygen atoms in total. The smallest absolute Gasteiger partial charge is 0.325 e. The molecule has 0 unspecified atom stereocenters. The van der Waals surface area contributed by atoms with Gasteiger partial charge in [0.05, 0.1) is 0 Å². The van der Waals surface area contributed by atoms with Gasteiger partial charge in [-0.15, -0.1) is 11.8 Å². The monoisotopic (exact) mass is 332 g/mol. The first-order valence-electron chi connectivity index (χ1n) is 7.92. The molecule has 4 rings (SSSR count). The predicted molar refractivity (Wildman–Crippen MR) is 97.3 cm³/mol. The highest BCUT2D eigenvalue weighted by atomic mass is 32.2. The third-order valence-corrected chi connectivity index (χ3v) is 5.39. The van der Waals surface area contributed by atoms with Crippen LogP contribution in [0, 0.1) is 0 Å². The topological polar surface area (TPSA) is 26.3 Å². The second-order valence-electron chi connectivity index (χ2n) is 5.70. The molecule has 0 amide bonds. The molecule has 3 heteroatoms. The number of rotatable bonds is 3. The van der Waals surface area contributed by atoms with E-state index in [-0.39, 0.29) is 11.2 Å². The summed E-state index contributed by atoms with van der Waals surface area (Å²) >= 11 is 1.59. The summed E-state index contributed by atoms with van der Waals surface area (Å²) in [5, 5.41) is -0.175. The molecule has 1 aliphatic rings. The molecule has 0 fully saturated rings. The van der Waals surface area contributed by atoms with Crippen LogP contribution in [-0.4, -0.2) is 11.2 Å². The number of carbonyl (C=O) groups excluding carboxylic acids is 1. The van der Waals surface area contributed by atoms with Crippen molar-refractivity contribution in [3.8, 4) is 16.9 Å². The first kappa shape index (κ1) is 15.0. The van der Waals surface area contributed by atoms with Gasteiger partial charge in [0, 0.05) is 10.5 Å². The molecular weight excluding hydrogens is 316 g/mol. The Hall–Kier alpha value is -2.52. The van der Waals surface area contributed by atoms with Crippen molar-refractivity contribution in [2.75, 3.05) is 0 Å². The van der Waals surface area contributed by atoms with Crippen LogP contribution in [0.25, 0.3) is 11.1 Å².